The van der Waals surface area contributed by atoms with Crippen LogP contribution in [-0.4, -0.2) is 17.9 Å². The van der Waals surface area contributed by atoms with Gasteiger partial charge in [-0.25, -0.2) is 0 Å². The molecule has 1 aromatic carbocycles. The van der Waals surface area contributed by atoms with E-state index in [2.05, 4.69) is 25.9 Å². The van der Waals surface area contributed by atoms with Gasteiger partial charge in [-0.3, -0.25) is 0 Å². The van der Waals surface area contributed by atoms with E-state index in [1.165, 1.54) is 7.11 Å². The van der Waals surface area contributed by atoms with Crippen molar-refractivity contribution in [2.75, 3.05) is 7.11 Å². The second-order valence-corrected chi connectivity index (χ2v) is 3.38. The Morgan fingerprint density at radius 2 is 2.23 bits per heavy atom. The minimum atomic E-state index is 0.217. The fraction of sp³-hybridized carbons (Fsp3) is 0.222. The summed E-state index contributed by atoms with van der Waals surface area (Å²) >= 11 is 3.22. The van der Waals surface area contributed by atoms with Crippen LogP contribution < -0.4 is 0 Å². The molecule has 0 heterocycles. The number of phenols is 1. The summed E-state index contributed by atoms with van der Waals surface area (Å²) in [5.74, 6) is 0.217. The van der Waals surface area contributed by atoms with Gasteiger partial charge in [0.1, 0.15) is 12.9 Å². The van der Waals surface area contributed by atoms with Crippen LogP contribution in [0, 0.1) is 0 Å². The van der Waals surface area contributed by atoms with E-state index >= 15 is 0 Å². The first-order valence-corrected chi connectivity index (χ1v) is 4.51. The van der Waals surface area contributed by atoms with Gasteiger partial charge in [0, 0.05) is 5.56 Å². The second-order valence-electron chi connectivity index (χ2n) is 2.53. The first-order chi connectivity index (χ1) is 6.15. The van der Waals surface area contributed by atoms with Gasteiger partial charge in [0.05, 0.1) is 10.2 Å². The number of rotatable bonds is 2. The molecule has 0 bridgehead atoms. The molecule has 0 aromatic heterocycles. The Morgan fingerprint density at radius 3 is 2.77 bits per heavy atom. The molecule has 0 aliphatic heterocycles. The second kappa shape index (κ2) is 4.28. The third-order valence-electron chi connectivity index (χ3n) is 1.59. The van der Waals surface area contributed by atoms with E-state index in [9.17, 15) is 5.11 Å². The number of phenolic OH excluding ortho intramolecular Hbond substituents is 1. The maximum absolute atomic E-state index is 9.24. The number of hydrogen-bond donors (Lipinski definition) is 1. The molecule has 0 fully saturated rings. The van der Waals surface area contributed by atoms with Gasteiger partial charge in [-0.1, -0.05) is 5.16 Å². The molecule has 13 heavy (non-hydrogen) atoms. The zero-order valence-electron chi connectivity index (χ0n) is 7.41. The van der Waals surface area contributed by atoms with Crippen LogP contribution in [0.1, 0.15) is 12.5 Å². The molecule has 0 amide bonds. The van der Waals surface area contributed by atoms with Crippen molar-refractivity contribution in [3.63, 3.8) is 0 Å². The predicted octanol–water partition coefficient (Wildman–Crippen LogP) is 2.53. The van der Waals surface area contributed by atoms with Gasteiger partial charge in [-0.15, -0.1) is 0 Å². The summed E-state index contributed by atoms with van der Waals surface area (Å²) in [4.78, 5) is 4.64. The quantitative estimate of drug-likeness (QED) is 0.641. The molecular formula is C9H10BrNO2. The summed E-state index contributed by atoms with van der Waals surface area (Å²) in [5.41, 5.74) is 1.68. The van der Waals surface area contributed by atoms with Crippen LogP contribution in [0.5, 0.6) is 5.75 Å². The third-order valence-corrected chi connectivity index (χ3v) is 2.23. The molecule has 0 spiro atoms. The number of aromatic hydroxyl groups is 1. The Kier molecular flexibility index (Phi) is 3.31. The van der Waals surface area contributed by atoms with Crippen molar-refractivity contribution in [1.82, 2.24) is 0 Å². The monoisotopic (exact) mass is 243 g/mol. The molecule has 0 atom stereocenters. The summed E-state index contributed by atoms with van der Waals surface area (Å²) in [6.45, 7) is 1.84. The summed E-state index contributed by atoms with van der Waals surface area (Å²) < 4.78 is 0.649. The van der Waals surface area contributed by atoms with Gasteiger partial charge in [-0.2, -0.15) is 0 Å². The normalized spacial score (nSPS) is 11.5. The zero-order valence-corrected chi connectivity index (χ0v) is 9.00. The van der Waals surface area contributed by atoms with Crippen LogP contribution in [0.4, 0.5) is 0 Å². The molecule has 3 nitrogen and oxygen atoms in total. The molecular weight excluding hydrogens is 234 g/mol. The highest BCUT2D eigenvalue weighted by Crippen LogP contribution is 2.24. The van der Waals surface area contributed by atoms with Crippen molar-refractivity contribution in [2.24, 2.45) is 5.16 Å². The maximum atomic E-state index is 9.24. The summed E-state index contributed by atoms with van der Waals surface area (Å²) in [7, 11) is 1.50. The Morgan fingerprint density at radius 1 is 1.54 bits per heavy atom. The lowest BCUT2D eigenvalue weighted by molar-refractivity contribution is 0.213. The molecule has 1 aromatic rings. The van der Waals surface area contributed by atoms with Gasteiger partial charge in [0.15, 0.2) is 0 Å². The SMILES string of the molecule is CO/N=C(\C)c1ccc(O)c(Br)c1. The van der Waals surface area contributed by atoms with Crippen LogP contribution >= 0.6 is 15.9 Å². The van der Waals surface area contributed by atoms with Gasteiger partial charge < -0.3 is 9.94 Å². The largest absolute Gasteiger partial charge is 0.507 e. The number of hydrogen-bond acceptors (Lipinski definition) is 3. The van der Waals surface area contributed by atoms with E-state index in [-0.39, 0.29) is 5.75 Å². The Labute approximate surface area is 85.2 Å². The van der Waals surface area contributed by atoms with E-state index in [1.54, 1.807) is 18.2 Å². The van der Waals surface area contributed by atoms with Crippen LogP contribution in [0.15, 0.2) is 27.8 Å². The highest BCUT2D eigenvalue weighted by molar-refractivity contribution is 9.10. The minimum Gasteiger partial charge on any atom is -0.507 e. The lowest BCUT2D eigenvalue weighted by Gasteiger charge is -2.01. The van der Waals surface area contributed by atoms with Crippen LogP contribution in [0.3, 0.4) is 0 Å². The Balaban J connectivity index is 3.04. The third kappa shape index (κ3) is 2.45. The number of nitrogens with zero attached hydrogens (tertiary/aromatic N) is 1. The summed E-state index contributed by atoms with van der Waals surface area (Å²) in [6.07, 6.45) is 0. The standard InChI is InChI=1S/C9H10BrNO2/c1-6(11-13-2)7-3-4-9(12)8(10)5-7/h3-5,12H,1-2H3/b11-6+. The number of benzene rings is 1. The van der Waals surface area contributed by atoms with Gasteiger partial charge in [0.25, 0.3) is 0 Å². The first kappa shape index (κ1) is 10.1. The summed E-state index contributed by atoms with van der Waals surface area (Å²) in [6, 6.07) is 5.17. The Hall–Kier alpha value is -1.03. The molecule has 0 saturated heterocycles. The average molecular weight is 244 g/mol. The molecule has 70 valence electrons. The van der Waals surface area contributed by atoms with Crippen molar-refractivity contribution in [2.45, 2.75) is 6.92 Å². The average Bonchev–Trinajstić information content (AvgIpc) is 2.10. The van der Waals surface area contributed by atoms with Gasteiger partial charge in [-0.05, 0) is 41.1 Å². The zero-order chi connectivity index (χ0) is 9.84. The molecule has 0 aliphatic carbocycles. The van der Waals surface area contributed by atoms with Crippen molar-refractivity contribution < 1.29 is 9.94 Å². The van der Waals surface area contributed by atoms with Crippen molar-refractivity contribution in [3.8, 4) is 5.75 Å². The molecule has 0 unspecified atom stereocenters. The molecule has 1 rings (SSSR count). The summed E-state index contributed by atoms with van der Waals surface area (Å²) in [5, 5.41) is 13.0. The van der Waals surface area contributed by atoms with Crippen molar-refractivity contribution >= 4 is 21.6 Å². The van der Waals surface area contributed by atoms with Crippen molar-refractivity contribution in [1.29, 1.82) is 0 Å². The fourth-order valence-corrected chi connectivity index (χ4v) is 1.30. The van der Waals surface area contributed by atoms with Gasteiger partial charge in [0.2, 0.25) is 0 Å². The topological polar surface area (TPSA) is 41.8 Å². The van der Waals surface area contributed by atoms with E-state index in [0.29, 0.717) is 4.47 Å². The molecule has 0 saturated carbocycles. The minimum absolute atomic E-state index is 0.217. The first-order valence-electron chi connectivity index (χ1n) is 3.72. The van der Waals surface area contributed by atoms with Crippen LogP contribution in [0.2, 0.25) is 0 Å². The number of oxime groups is 1. The predicted molar refractivity (Wildman–Crippen MR) is 55.0 cm³/mol. The Bertz CT molecular complexity index is 336. The highest BCUT2D eigenvalue weighted by atomic mass is 79.9. The molecule has 0 aliphatic rings. The number of halogens is 1. The van der Waals surface area contributed by atoms with Crippen molar-refractivity contribution in [3.05, 3.63) is 28.2 Å². The van der Waals surface area contributed by atoms with Crippen LogP contribution in [-0.2, 0) is 4.84 Å². The van der Waals surface area contributed by atoms with Crippen LogP contribution in [0.25, 0.3) is 0 Å². The van der Waals surface area contributed by atoms with E-state index in [4.69, 9.17) is 0 Å². The highest BCUT2D eigenvalue weighted by Gasteiger charge is 2.02. The van der Waals surface area contributed by atoms with E-state index in [1.807, 2.05) is 6.92 Å². The molecule has 1 N–H and O–H groups in total. The maximum Gasteiger partial charge on any atom is 0.129 e. The lowest BCUT2D eigenvalue weighted by atomic mass is 10.1. The fourth-order valence-electron chi connectivity index (χ4n) is 0.922. The molecule has 4 heteroatoms. The molecule has 0 radical (unpaired) electrons. The van der Waals surface area contributed by atoms with E-state index in [0.717, 1.165) is 11.3 Å². The lowest BCUT2D eigenvalue weighted by Crippen LogP contribution is -1.94. The van der Waals surface area contributed by atoms with E-state index < -0.39 is 0 Å². The smallest absolute Gasteiger partial charge is 0.129 e. The van der Waals surface area contributed by atoms with Gasteiger partial charge >= 0.3 is 0 Å².